The van der Waals surface area contributed by atoms with Gasteiger partial charge in [0.2, 0.25) is 0 Å². The van der Waals surface area contributed by atoms with Gasteiger partial charge in [-0.3, -0.25) is 4.79 Å². The van der Waals surface area contributed by atoms with Crippen LogP contribution < -0.4 is 5.32 Å². The number of aryl methyl sites for hydroxylation is 1. The Kier molecular flexibility index (Phi) is 6.77. The number of carbonyl (C=O) groups excluding carboxylic acids is 1. The molecule has 1 aromatic heterocycles. The van der Waals surface area contributed by atoms with Crippen LogP contribution in [0.2, 0.25) is 10.2 Å². The molecule has 0 saturated carbocycles. The molecule has 3 rings (SSSR count). The second-order valence-electron chi connectivity index (χ2n) is 5.98. The number of amides is 1. The van der Waals surface area contributed by atoms with E-state index in [2.05, 4.69) is 10.4 Å². The van der Waals surface area contributed by atoms with Gasteiger partial charge in [-0.15, -0.1) is 0 Å². The number of anilines is 1. The molecule has 0 saturated heterocycles. The van der Waals surface area contributed by atoms with Crippen molar-refractivity contribution in [1.82, 2.24) is 9.78 Å². The molecule has 0 fully saturated rings. The summed E-state index contributed by atoms with van der Waals surface area (Å²) in [6, 6.07) is 10.3. The summed E-state index contributed by atoms with van der Waals surface area (Å²) in [5.74, 6) is -3.67. The third-order valence-corrected chi connectivity index (χ3v) is 5.63. The van der Waals surface area contributed by atoms with Crippen LogP contribution in [0, 0.1) is 12.7 Å². The molecule has 4 nitrogen and oxygen atoms in total. The molecule has 0 atom stereocenters. The summed E-state index contributed by atoms with van der Waals surface area (Å²) in [7, 11) is 0. The minimum Gasteiger partial charge on any atom is -0.321 e. The van der Waals surface area contributed by atoms with Gasteiger partial charge in [0, 0.05) is 0 Å². The highest BCUT2D eigenvalue weighted by atomic mass is 35.5. The van der Waals surface area contributed by atoms with Crippen molar-refractivity contribution < 1.29 is 18.0 Å². The van der Waals surface area contributed by atoms with Gasteiger partial charge in [0.15, 0.2) is 0 Å². The van der Waals surface area contributed by atoms with Gasteiger partial charge in [0.25, 0.3) is 11.7 Å². The van der Waals surface area contributed by atoms with Crippen LogP contribution in [0.5, 0.6) is 0 Å². The van der Waals surface area contributed by atoms with E-state index >= 15 is 0 Å². The summed E-state index contributed by atoms with van der Waals surface area (Å²) in [6.07, 6.45) is 0. The maximum absolute atomic E-state index is 13.1. The summed E-state index contributed by atoms with van der Waals surface area (Å²) in [4.78, 5) is 12.8. The van der Waals surface area contributed by atoms with Crippen LogP contribution in [-0.2, 0) is 6.54 Å². The van der Waals surface area contributed by atoms with E-state index < -0.39 is 11.7 Å². The van der Waals surface area contributed by atoms with E-state index in [9.17, 15) is 18.0 Å². The summed E-state index contributed by atoms with van der Waals surface area (Å²) < 4.78 is 40.2. The molecule has 29 heavy (non-hydrogen) atoms. The van der Waals surface area contributed by atoms with Gasteiger partial charge >= 0.3 is 0 Å². The van der Waals surface area contributed by atoms with E-state index in [-0.39, 0.29) is 50.4 Å². The maximum Gasteiger partial charge on any atom is 0.289 e. The molecule has 0 bridgehead atoms. The van der Waals surface area contributed by atoms with Crippen molar-refractivity contribution in [1.29, 1.82) is 0 Å². The first kappa shape index (κ1) is 21.5. The second-order valence-corrected chi connectivity index (χ2v) is 7.75. The van der Waals surface area contributed by atoms with Gasteiger partial charge in [0.1, 0.15) is 11.0 Å². The number of hydrogen-bond donors (Lipinski definition) is 1. The van der Waals surface area contributed by atoms with Crippen LogP contribution >= 0.6 is 35.0 Å². The first-order valence-corrected chi connectivity index (χ1v) is 9.92. The Morgan fingerprint density at radius 1 is 1.21 bits per heavy atom. The lowest BCUT2D eigenvalue weighted by molar-refractivity contribution is 0.102. The van der Waals surface area contributed by atoms with Crippen molar-refractivity contribution in [3.8, 4) is 0 Å². The van der Waals surface area contributed by atoms with Gasteiger partial charge < -0.3 is 5.32 Å². The molecule has 0 aliphatic heterocycles. The van der Waals surface area contributed by atoms with E-state index in [0.717, 1.165) is 5.56 Å². The Morgan fingerprint density at radius 2 is 1.90 bits per heavy atom. The average Bonchev–Trinajstić information content (AvgIpc) is 2.93. The Balaban J connectivity index is 1.86. The molecule has 0 aliphatic rings. The fourth-order valence-electron chi connectivity index (χ4n) is 2.68. The highest BCUT2D eigenvalue weighted by Gasteiger charge is 2.22. The van der Waals surface area contributed by atoms with Crippen LogP contribution in [-0.4, -0.2) is 21.4 Å². The monoisotopic (exact) mass is 459 g/mol. The molecule has 1 N–H and O–H groups in total. The smallest absolute Gasteiger partial charge is 0.289 e. The number of thioether (sulfide) groups is 1. The number of hydrogen-bond acceptors (Lipinski definition) is 3. The highest BCUT2D eigenvalue weighted by Crippen LogP contribution is 2.38. The van der Waals surface area contributed by atoms with E-state index in [1.165, 1.54) is 28.9 Å². The molecule has 152 valence electrons. The zero-order valence-electron chi connectivity index (χ0n) is 14.9. The first-order chi connectivity index (χ1) is 13.8. The summed E-state index contributed by atoms with van der Waals surface area (Å²) in [5, 5.41) is 7.01. The number of alkyl halides is 2. The van der Waals surface area contributed by atoms with Crippen molar-refractivity contribution in [3.05, 3.63) is 75.3 Å². The standard InChI is InChI=1S/C19H14Cl2F3N3OS/c1-10-15(17(21)27(26-10)9-11-5-7-12(22)8-6-11)18(28)25-14-4-2-3-13(20)16(14)29-19(23)24/h2-8,19H,9H2,1H3,(H,25,28). The third kappa shape index (κ3) is 5.07. The molecular weight excluding hydrogens is 446 g/mol. The predicted molar refractivity (Wildman–Crippen MR) is 109 cm³/mol. The van der Waals surface area contributed by atoms with Crippen molar-refractivity contribution in [2.45, 2.75) is 24.1 Å². The molecule has 0 spiro atoms. The van der Waals surface area contributed by atoms with Crippen molar-refractivity contribution in [2.75, 3.05) is 5.32 Å². The lowest BCUT2D eigenvalue weighted by atomic mass is 10.2. The van der Waals surface area contributed by atoms with Crippen molar-refractivity contribution in [3.63, 3.8) is 0 Å². The van der Waals surface area contributed by atoms with Gasteiger partial charge in [0.05, 0.1) is 33.4 Å². The number of nitrogens with zero attached hydrogens (tertiary/aromatic N) is 2. The number of nitrogens with one attached hydrogen (secondary N) is 1. The van der Waals surface area contributed by atoms with E-state index in [1.54, 1.807) is 25.1 Å². The van der Waals surface area contributed by atoms with Crippen molar-refractivity contribution in [2.24, 2.45) is 0 Å². The Hall–Kier alpha value is -2.16. The van der Waals surface area contributed by atoms with Gasteiger partial charge in [-0.2, -0.15) is 13.9 Å². The SMILES string of the molecule is Cc1nn(Cc2ccc(F)cc2)c(Cl)c1C(=O)Nc1cccc(Cl)c1SC(F)F. The fraction of sp³-hybridized carbons (Fsp3) is 0.158. The minimum atomic E-state index is -2.70. The van der Waals surface area contributed by atoms with E-state index in [4.69, 9.17) is 23.2 Å². The molecule has 0 unspecified atom stereocenters. The predicted octanol–water partition coefficient (Wildman–Crippen LogP) is 6.25. The highest BCUT2D eigenvalue weighted by molar-refractivity contribution is 7.99. The van der Waals surface area contributed by atoms with Crippen LogP contribution in [0.25, 0.3) is 0 Å². The Morgan fingerprint density at radius 3 is 2.55 bits per heavy atom. The topological polar surface area (TPSA) is 46.9 Å². The zero-order valence-corrected chi connectivity index (χ0v) is 17.3. The molecular formula is C19H14Cl2F3N3OS. The Bertz CT molecular complexity index is 1040. The minimum absolute atomic E-state index is 0.0602. The molecule has 1 heterocycles. The largest absolute Gasteiger partial charge is 0.321 e. The second kappa shape index (κ2) is 9.11. The summed E-state index contributed by atoms with van der Waals surface area (Å²) in [5.41, 5.74) is 1.37. The molecule has 0 aliphatic carbocycles. The number of aromatic nitrogens is 2. The summed E-state index contributed by atoms with van der Waals surface area (Å²) >= 11 is 12.6. The fourth-order valence-corrected chi connectivity index (χ4v) is 3.91. The zero-order chi connectivity index (χ0) is 21.1. The number of benzene rings is 2. The average molecular weight is 460 g/mol. The Labute approximate surface area is 179 Å². The lowest BCUT2D eigenvalue weighted by Gasteiger charge is -2.12. The van der Waals surface area contributed by atoms with Gasteiger partial charge in [-0.25, -0.2) is 9.07 Å². The van der Waals surface area contributed by atoms with Crippen LogP contribution in [0.3, 0.4) is 0 Å². The number of carbonyl (C=O) groups is 1. The third-order valence-electron chi connectivity index (χ3n) is 3.96. The molecule has 3 aromatic rings. The number of rotatable bonds is 6. The van der Waals surface area contributed by atoms with Crippen LogP contribution in [0.15, 0.2) is 47.4 Å². The molecule has 10 heteroatoms. The molecule has 2 aromatic carbocycles. The van der Waals surface area contributed by atoms with Crippen LogP contribution in [0.1, 0.15) is 21.6 Å². The van der Waals surface area contributed by atoms with E-state index in [0.29, 0.717) is 5.69 Å². The normalized spacial score (nSPS) is 11.1. The maximum atomic E-state index is 13.1. The van der Waals surface area contributed by atoms with Gasteiger partial charge in [-0.1, -0.05) is 53.2 Å². The first-order valence-electron chi connectivity index (χ1n) is 8.28. The quantitative estimate of drug-likeness (QED) is 0.443. The van der Waals surface area contributed by atoms with Gasteiger partial charge in [-0.05, 0) is 36.8 Å². The molecule has 0 radical (unpaired) electrons. The van der Waals surface area contributed by atoms with Crippen molar-refractivity contribution >= 4 is 46.6 Å². The number of halogens is 5. The van der Waals surface area contributed by atoms with E-state index in [1.807, 2.05) is 0 Å². The summed E-state index contributed by atoms with van der Waals surface area (Å²) in [6.45, 7) is 1.84. The molecule has 1 amide bonds. The van der Waals surface area contributed by atoms with Crippen LogP contribution in [0.4, 0.5) is 18.9 Å². The lowest BCUT2D eigenvalue weighted by Crippen LogP contribution is -2.14.